The Kier molecular flexibility index (Phi) is 6.65. The van der Waals surface area contributed by atoms with Gasteiger partial charge < -0.3 is 4.57 Å². The molecule has 3 aromatic rings. The molecule has 29 heavy (non-hydrogen) atoms. The van der Waals surface area contributed by atoms with Gasteiger partial charge in [0.2, 0.25) is 10.0 Å². The number of nitrogens with one attached hydrogen (secondary N) is 1. The summed E-state index contributed by atoms with van der Waals surface area (Å²) >= 11 is 1.33. The number of sulfonamides is 1. The van der Waals surface area contributed by atoms with Crippen LogP contribution in [0.25, 0.3) is 11.4 Å². The first-order valence-corrected chi connectivity index (χ1v) is 11.8. The van der Waals surface area contributed by atoms with Gasteiger partial charge in [0.15, 0.2) is 16.8 Å². The number of ketones is 1. The lowest BCUT2D eigenvalue weighted by atomic mass is 10.1. The second kappa shape index (κ2) is 9.19. The summed E-state index contributed by atoms with van der Waals surface area (Å²) in [6.45, 7) is 2.81. The number of Topliss-reactive ketones (excluding diaryl/α,β-unsaturated/α-hetero) is 1. The highest BCUT2D eigenvalue weighted by Gasteiger charge is 2.16. The van der Waals surface area contributed by atoms with Gasteiger partial charge in [-0.1, -0.05) is 18.7 Å². The number of carbonyl (C=O) groups excluding carboxylic acids is 1. The van der Waals surface area contributed by atoms with E-state index in [-0.39, 0.29) is 11.5 Å². The van der Waals surface area contributed by atoms with Gasteiger partial charge in [-0.3, -0.25) is 14.5 Å². The van der Waals surface area contributed by atoms with E-state index in [2.05, 4.69) is 26.8 Å². The number of pyridine rings is 1. The van der Waals surface area contributed by atoms with Crippen molar-refractivity contribution in [3.05, 3.63) is 54.4 Å². The van der Waals surface area contributed by atoms with E-state index in [1.54, 1.807) is 36.7 Å². The summed E-state index contributed by atoms with van der Waals surface area (Å²) in [5.41, 5.74) is 1.85. The average molecular weight is 432 g/mol. The van der Waals surface area contributed by atoms with Crippen LogP contribution in [0, 0.1) is 0 Å². The molecule has 1 N–H and O–H groups in total. The molecule has 0 amide bonds. The summed E-state index contributed by atoms with van der Waals surface area (Å²) in [6.07, 6.45) is 5.40. The molecule has 0 bridgehead atoms. The molecule has 0 atom stereocenters. The van der Waals surface area contributed by atoms with E-state index in [1.807, 2.05) is 16.7 Å². The third-order valence-corrected chi connectivity index (χ3v) is 5.52. The van der Waals surface area contributed by atoms with Crippen molar-refractivity contribution in [2.45, 2.75) is 25.0 Å². The van der Waals surface area contributed by atoms with Gasteiger partial charge in [0.05, 0.1) is 12.0 Å². The Labute approximate surface area is 173 Å². The van der Waals surface area contributed by atoms with Crippen molar-refractivity contribution in [1.82, 2.24) is 19.7 Å². The maximum atomic E-state index is 12.5. The van der Waals surface area contributed by atoms with Gasteiger partial charge >= 0.3 is 0 Å². The minimum Gasteiger partial charge on any atom is -0.302 e. The zero-order chi connectivity index (χ0) is 20.9. The standard InChI is InChI=1S/C19H21N5O3S2/c1-3-12-24-18(15-8-10-20-11-9-15)21-22-19(24)28-13-17(25)14-4-6-16(7-5-14)23-29(2,26)27/h4-11,23H,3,12-13H2,1-2H3. The van der Waals surface area contributed by atoms with Gasteiger partial charge in [-0.25, -0.2) is 8.42 Å². The number of aromatic nitrogens is 4. The molecule has 152 valence electrons. The number of thioether (sulfide) groups is 1. The lowest BCUT2D eigenvalue weighted by Crippen LogP contribution is -2.10. The number of hydrogen-bond donors (Lipinski definition) is 1. The van der Waals surface area contributed by atoms with Crippen molar-refractivity contribution in [3.63, 3.8) is 0 Å². The first-order valence-electron chi connectivity index (χ1n) is 8.95. The highest BCUT2D eigenvalue weighted by Crippen LogP contribution is 2.25. The molecule has 2 heterocycles. The van der Waals surface area contributed by atoms with E-state index >= 15 is 0 Å². The van der Waals surface area contributed by atoms with Crippen LogP contribution in [0.4, 0.5) is 5.69 Å². The highest BCUT2D eigenvalue weighted by molar-refractivity contribution is 7.99. The molecule has 2 aromatic heterocycles. The Bertz CT molecular complexity index is 1080. The number of carbonyl (C=O) groups is 1. The number of anilines is 1. The van der Waals surface area contributed by atoms with Crippen LogP contribution in [-0.4, -0.2) is 46.0 Å². The molecule has 0 aliphatic carbocycles. The second-order valence-corrected chi connectivity index (χ2v) is 9.05. The van der Waals surface area contributed by atoms with Gasteiger partial charge in [0, 0.05) is 35.8 Å². The maximum absolute atomic E-state index is 12.5. The quantitative estimate of drug-likeness (QED) is 0.410. The zero-order valence-electron chi connectivity index (χ0n) is 16.1. The first kappa shape index (κ1) is 21.0. The van der Waals surface area contributed by atoms with E-state index in [4.69, 9.17) is 0 Å². The Morgan fingerprint density at radius 2 is 1.79 bits per heavy atom. The number of benzene rings is 1. The molecule has 1 aromatic carbocycles. The fourth-order valence-corrected chi connectivity index (χ4v) is 4.11. The van der Waals surface area contributed by atoms with Gasteiger partial charge in [-0.2, -0.15) is 0 Å². The monoisotopic (exact) mass is 431 g/mol. The SMILES string of the molecule is CCCn1c(SCC(=O)c2ccc(NS(C)(=O)=O)cc2)nnc1-c1ccncc1. The van der Waals surface area contributed by atoms with Gasteiger partial charge in [-0.05, 0) is 42.8 Å². The Morgan fingerprint density at radius 1 is 1.10 bits per heavy atom. The van der Waals surface area contributed by atoms with E-state index in [1.165, 1.54) is 11.8 Å². The molecule has 3 rings (SSSR count). The molecule has 0 saturated heterocycles. The second-order valence-electron chi connectivity index (χ2n) is 6.36. The van der Waals surface area contributed by atoms with E-state index < -0.39 is 10.0 Å². The van der Waals surface area contributed by atoms with Crippen molar-refractivity contribution in [2.75, 3.05) is 16.7 Å². The lowest BCUT2D eigenvalue weighted by molar-refractivity contribution is 0.102. The van der Waals surface area contributed by atoms with Crippen molar-refractivity contribution >= 4 is 33.3 Å². The summed E-state index contributed by atoms with van der Waals surface area (Å²) < 4.78 is 26.9. The van der Waals surface area contributed by atoms with Crippen molar-refractivity contribution in [2.24, 2.45) is 0 Å². The average Bonchev–Trinajstić information content (AvgIpc) is 3.09. The number of rotatable bonds is 9. The van der Waals surface area contributed by atoms with E-state index in [9.17, 15) is 13.2 Å². The smallest absolute Gasteiger partial charge is 0.229 e. The predicted octanol–water partition coefficient (Wildman–Crippen LogP) is 3.10. The van der Waals surface area contributed by atoms with Crippen LogP contribution in [0.2, 0.25) is 0 Å². The molecule has 0 saturated carbocycles. The minimum atomic E-state index is -3.35. The Hall–Kier alpha value is -2.72. The lowest BCUT2D eigenvalue weighted by Gasteiger charge is -2.09. The molecule has 0 spiro atoms. The first-order chi connectivity index (χ1) is 13.9. The molecular weight excluding hydrogens is 410 g/mol. The Morgan fingerprint density at radius 3 is 2.41 bits per heavy atom. The third-order valence-electron chi connectivity index (χ3n) is 3.95. The molecule has 0 radical (unpaired) electrons. The van der Waals surface area contributed by atoms with Crippen LogP contribution in [0.3, 0.4) is 0 Å². The molecule has 10 heteroatoms. The number of nitrogens with zero attached hydrogens (tertiary/aromatic N) is 4. The van der Waals surface area contributed by atoms with E-state index in [0.29, 0.717) is 16.4 Å². The summed E-state index contributed by atoms with van der Waals surface area (Å²) in [7, 11) is -3.35. The molecule has 0 aliphatic rings. The van der Waals surface area contributed by atoms with Crippen LogP contribution in [-0.2, 0) is 16.6 Å². The van der Waals surface area contributed by atoms with E-state index in [0.717, 1.165) is 30.6 Å². The van der Waals surface area contributed by atoms with Crippen LogP contribution in [0.15, 0.2) is 53.9 Å². The number of hydrogen-bond acceptors (Lipinski definition) is 7. The minimum absolute atomic E-state index is 0.0718. The fraction of sp³-hybridized carbons (Fsp3) is 0.263. The zero-order valence-corrected chi connectivity index (χ0v) is 17.7. The molecular formula is C19H21N5O3S2. The van der Waals surface area contributed by atoms with Gasteiger partial charge in [0.1, 0.15) is 0 Å². The Balaban J connectivity index is 1.71. The fourth-order valence-electron chi connectivity index (χ4n) is 2.69. The van der Waals surface area contributed by atoms with Crippen LogP contribution in [0.5, 0.6) is 0 Å². The summed E-state index contributed by atoms with van der Waals surface area (Å²) in [5.74, 6) is 0.884. The van der Waals surface area contributed by atoms with Crippen LogP contribution < -0.4 is 4.72 Å². The van der Waals surface area contributed by atoms with Crippen molar-refractivity contribution in [1.29, 1.82) is 0 Å². The maximum Gasteiger partial charge on any atom is 0.229 e. The van der Waals surface area contributed by atoms with Crippen LogP contribution >= 0.6 is 11.8 Å². The third kappa shape index (κ3) is 5.64. The van der Waals surface area contributed by atoms with Crippen LogP contribution in [0.1, 0.15) is 23.7 Å². The topological polar surface area (TPSA) is 107 Å². The largest absolute Gasteiger partial charge is 0.302 e. The summed E-state index contributed by atoms with van der Waals surface area (Å²) in [5, 5.41) is 9.23. The van der Waals surface area contributed by atoms with Crippen molar-refractivity contribution < 1.29 is 13.2 Å². The highest BCUT2D eigenvalue weighted by atomic mass is 32.2. The van der Waals surface area contributed by atoms with Gasteiger partial charge in [0.25, 0.3) is 0 Å². The summed E-state index contributed by atoms with van der Waals surface area (Å²) in [6, 6.07) is 10.1. The molecule has 0 fully saturated rings. The van der Waals surface area contributed by atoms with Gasteiger partial charge in [-0.15, -0.1) is 10.2 Å². The normalized spacial score (nSPS) is 11.4. The van der Waals surface area contributed by atoms with Crippen molar-refractivity contribution in [3.8, 4) is 11.4 Å². The molecule has 8 nitrogen and oxygen atoms in total. The molecule has 0 aliphatic heterocycles. The predicted molar refractivity (Wildman–Crippen MR) is 114 cm³/mol. The summed E-state index contributed by atoms with van der Waals surface area (Å²) in [4.78, 5) is 16.6. The molecule has 0 unspecified atom stereocenters.